The molecular weight excluding hydrogens is 295 g/mol. The van der Waals surface area contributed by atoms with Crippen molar-refractivity contribution in [2.24, 2.45) is 0 Å². The molecule has 106 valence electrons. The number of nitrogens with zero attached hydrogens (tertiary/aromatic N) is 2. The lowest BCUT2D eigenvalue weighted by Crippen LogP contribution is -1.95. The fourth-order valence-corrected chi connectivity index (χ4v) is 2.80. The molecule has 1 aromatic carbocycles. The van der Waals surface area contributed by atoms with Crippen LogP contribution in [0.15, 0.2) is 34.2 Å². The molecule has 0 atom stereocenters. The van der Waals surface area contributed by atoms with E-state index >= 15 is 0 Å². The monoisotopic (exact) mass is 304 g/mol. The van der Waals surface area contributed by atoms with Crippen LogP contribution in [0.25, 0.3) is 21.8 Å². The van der Waals surface area contributed by atoms with Crippen molar-refractivity contribution in [2.45, 2.75) is 6.92 Å². The fraction of sp³-hybridized carbons (Fsp3) is 0.0714. The summed E-state index contributed by atoms with van der Waals surface area (Å²) in [6.07, 6.45) is 0. The largest absolute Gasteiger partial charge is 0.476 e. The SMILES string of the molecule is Cc1onc(-c2ccc(F)cc2)c1-c1nc(C(=O)O)cs1. The Morgan fingerprint density at radius 2 is 2.05 bits per heavy atom. The van der Waals surface area contributed by atoms with E-state index in [1.807, 2.05) is 0 Å². The van der Waals surface area contributed by atoms with Gasteiger partial charge < -0.3 is 9.63 Å². The van der Waals surface area contributed by atoms with Crippen LogP contribution in [0.3, 0.4) is 0 Å². The molecule has 0 aliphatic rings. The lowest BCUT2D eigenvalue weighted by atomic mass is 10.1. The summed E-state index contributed by atoms with van der Waals surface area (Å²) in [5.41, 5.74) is 1.79. The van der Waals surface area contributed by atoms with E-state index in [1.54, 1.807) is 19.1 Å². The second-order valence-electron chi connectivity index (χ2n) is 4.31. The molecule has 0 unspecified atom stereocenters. The summed E-state index contributed by atoms with van der Waals surface area (Å²) < 4.78 is 18.2. The van der Waals surface area contributed by atoms with E-state index in [-0.39, 0.29) is 11.5 Å². The van der Waals surface area contributed by atoms with Gasteiger partial charge >= 0.3 is 5.97 Å². The Hall–Kier alpha value is -2.54. The zero-order valence-corrected chi connectivity index (χ0v) is 11.6. The van der Waals surface area contributed by atoms with Crippen molar-refractivity contribution in [1.82, 2.24) is 10.1 Å². The summed E-state index contributed by atoms with van der Waals surface area (Å²) in [4.78, 5) is 15.0. The Morgan fingerprint density at radius 3 is 2.67 bits per heavy atom. The van der Waals surface area contributed by atoms with Gasteiger partial charge in [-0.3, -0.25) is 0 Å². The zero-order valence-electron chi connectivity index (χ0n) is 10.8. The number of halogens is 1. The highest BCUT2D eigenvalue weighted by molar-refractivity contribution is 7.13. The van der Waals surface area contributed by atoms with Crippen LogP contribution in [0.1, 0.15) is 16.2 Å². The highest BCUT2D eigenvalue weighted by Gasteiger charge is 2.20. The van der Waals surface area contributed by atoms with Gasteiger partial charge in [-0.15, -0.1) is 11.3 Å². The third-order valence-corrected chi connectivity index (χ3v) is 3.78. The second-order valence-corrected chi connectivity index (χ2v) is 5.17. The average molecular weight is 304 g/mol. The second kappa shape index (κ2) is 5.10. The summed E-state index contributed by atoms with van der Waals surface area (Å²) in [5.74, 6) is -0.904. The van der Waals surface area contributed by atoms with Gasteiger partial charge in [0, 0.05) is 10.9 Å². The van der Waals surface area contributed by atoms with Crippen LogP contribution >= 0.6 is 11.3 Å². The molecule has 0 aliphatic carbocycles. The molecule has 0 amide bonds. The molecule has 7 heteroatoms. The molecule has 0 bridgehead atoms. The van der Waals surface area contributed by atoms with Crippen LogP contribution in [0.4, 0.5) is 4.39 Å². The first-order valence-corrected chi connectivity index (χ1v) is 6.85. The maximum absolute atomic E-state index is 13.0. The standard InChI is InChI=1S/C14H9FN2O3S/c1-7-11(13-16-10(6-21-13)14(18)19)12(17-20-7)8-2-4-9(15)5-3-8/h2-6H,1H3,(H,18,19). The van der Waals surface area contributed by atoms with Crippen molar-refractivity contribution in [3.05, 3.63) is 46.9 Å². The van der Waals surface area contributed by atoms with Crippen molar-refractivity contribution in [1.29, 1.82) is 0 Å². The highest BCUT2D eigenvalue weighted by Crippen LogP contribution is 2.35. The Balaban J connectivity index is 2.12. The molecule has 5 nitrogen and oxygen atoms in total. The first-order valence-electron chi connectivity index (χ1n) is 5.97. The van der Waals surface area contributed by atoms with Crippen molar-refractivity contribution in [3.8, 4) is 21.8 Å². The number of carboxylic acid groups (broad SMARTS) is 1. The summed E-state index contributed by atoms with van der Waals surface area (Å²) in [7, 11) is 0. The van der Waals surface area contributed by atoms with Gasteiger partial charge in [-0.1, -0.05) is 5.16 Å². The molecule has 2 heterocycles. The quantitative estimate of drug-likeness (QED) is 0.800. The number of aromatic nitrogens is 2. The minimum atomic E-state index is -1.09. The number of aromatic carboxylic acids is 1. The predicted octanol–water partition coefficient (Wildman–Crippen LogP) is 3.61. The molecule has 0 aliphatic heterocycles. The number of thiazole rings is 1. The third kappa shape index (κ3) is 2.43. The van der Waals surface area contributed by atoms with E-state index < -0.39 is 5.97 Å². The normalized spacial score (nSPS) is 10.8. The number of hydrogen-bond acceptors (Lipinski definition) is 5. The highest BCUT2D eigenvalue weighted by atomic mass is 32.1. The third-order valence-electron chi connectivity index (χ3n) is 2.92. The molecule has 0 saturated carbocycles. The lowest BCUT2D eigenvalue weighted by molar-refractivity contribution is 0.0691. The number of carbonyl (C=O) groups is 1. The van der Waals surface area contributed by atoms with E-state index in [2.05, 4.69) is 10.1 Å². The molecule has 2 aromatic heterocycles. The molecule has 21 heavy (non-hydrogen) atoms. The van der Waals surface area contributed by atoms with Crippen molar-refractivity contribution >= 4 is 17.3 Å². The van der Waals surface area contributed by atoms with E-state index in [4.69, 9.17) is 9.63 Å². The van der Waals surface area contributed by atoms with Gasteiger partial charge in [-0.2, -0.15) is 0 Å². The molecule has 0 saturated heterocycles. The summed E-state index contributed by atoms with van der Waals surface area (Å²) in [5, 5.41) is 14.9. The molecule has 0 radical (unpaired) electrons. The van der Waals surface area contributed by atoms with Gasteiger partial charge in [-0.05, 0) is 31.2 Å². The number of benzene rings is 1. The number of rotatable bonds is 3. The van der Waals surface area contributed by atoms with Crippen LogP contribution in [0, 0.1) is 12.7 Å². The van der Waals surface area contributed by atoms with Gasteiger partial charge in [-0.25, -0.2) is 14.2 Å². The Morgan fingerprint density at radius 1 is 1.33 bits per heavy atom. The topological polar surface area (TPSA) is 76.2 Å². The molecular formula is C14H9FN2O3S. The maximum atomic E-state index is 13.0. The molecule has 1 N–H and O–H groups in total. The van der Waals surface area contributed by atoms with E-state index in [0.29, 0.717) is 27.6 Å². The van der Waals surface area contributed by atoms with Crippen molar-refractivity contribution in [2.75, 3.05) is 0 Å². The minimum absolute atomic E-state index is 0.0272. The average Bonchev–Trinajstić information content (AvgIpc) is 3.06. The van der Waals surface area contributed by atoms with Crippen LogP contribution < -0.4 is 0 Å². The first-order chi connectivity index (χ1) is 10.1. The van der Waals surface area contributed by atoms with Gasteiger partial charge in [0.25, 0.3) is 0 Å². The van der Waals surface area contributed by atoms with Crippen LogP contribution in [0.5, 0.6) is 0 Å². The number of carboxylic acids is 1. The van der Waals surface area contributed by atoms with Crippen LogP contribution in [-0.2, 0) is 0 Å². The van der Waals surface area contributed by atoms with Crippen LogP contribution in [0.2, 0.25) is 0 Å². The Labute approximate surface area is 122 Å². The summed E-state index contributed by atoms with van der Waals surface area (Å²) in [6.45, 7) is 1.72. The van der Waals surface area contributed by atoms with Gasteiger partial charge in [0.05, 0.1) is 5.56 Å². The van der Waals surface area contributed by atoms with Crippen molar-refractivity contribution in [3.63, 3.8) is 0 Å². The number of aryl methyl sites for hydroxylation is 1. The Bertz CT molecular complexity index is 808. The molecule has 3 rings (SSSR count). The lowest BCUT2D eigenvalue weighted by Gasteiger charge is -1.99. The van der Waals surface area contributed by atoms with E-state index in [0.717, 1.165) is 0 Å². The van der Waals surface area contributed by atoms with E-state index in [1.165, 1.54) is 28.8 Å². The predicted molar refractivity (Wildman–Crippen MR) is 74.7 cm³/mol. The van der Waals surface area contributed by atoms with Gasteiger partial charge in [0.2, 0.25) is 0 Å². The van der Waals surface area contributed by atoms with Gasteiger partial charge in [0.1, 0.15) is 22.3 Å². The smallest absolute Gasteiger partial charge is 0.355 e. The molecule has 0 fully saturated rings. The zero-order chi connectivity index (χ0) is 15.0. The maximum Gasteiger partial charge on any atom is 0.355 e. The van der Waals surface area contributed by atoms with Crippen LogP contribution in [-0.4, -0.2) is 21.2 Å². The number of hydrogen-bond donors (Lipinski definition) is 1. The molecule has 3 aromatic rings. The Kier molecular flexibility index (Phi) is 3.26. The molecule has 0 spiro atoms. The fourth-order valence-electron chi connectivity index (χ4n) is 1.92. The summed E-state index contributed by atoms with van der Waals surface area (Å²) >= 11 is 1.20. The van der Waals surface area contributed by atoms with Gasteiger partial charge in [0.15, 0.2) is 5.69 Å². The van der Waals surface area contributed by atoms with E-state index in [9.17, 15) is 9.18 Å². The summed E-state index contributed by atoms with van der Waals surface area (Å²) in [6, 6.07) is 5.82. The van der Waals surface area contributed by atoms with Crippen molar-refractivity contribution < 1.29 is 18.8 Å². The minimum Gasteiger partial charge on any atom is -0.476 e. The first kappa shape index (κ1) is 13.4.